The summed E-state index contributed by atoms with van der Waals surface area (Å²) in [7, 11) is 0. The molecule has 1 aromatic carbocycles. The van der Waals surface area contributed by atoms with Gasteiger partial charge in [-0.15, -0.1) is 0 Å². The second-order valence-electron chi connectivity index (χ2n) is 3.48. The molecule has 0 fully saturated rings. The van der Waals surface area contributed by atoms with Gasteiger partial charge in [0.15, 0.2) is 5.78 Å². The Kier molecular flexibility index (Phi) is 3.44. The number of Topliss-reactive ketones (excluding diaryl/α,β-unsaturated/α-hetero) is 1. The third-order valence-corrected chi connectivity index (χ3v) is 2.54. The first-order valence-electron chi connectivity index (χ1n) is 4.89. The Hall–Kier alpha value is -1.81. The summed E-state index contributed by atoms with van der Waals surface area (Å²) in [4.78, 5) is 19.3. The second kappa shape index (κ2) is 5.01. The Morgan fingerprint density at radius 3 is 2.65 bits per heavy atom. The van der Waals surface area contributed by atoms with Crippen molar-refractivity contribution < 1.29 is 9.18 Å². The first-order chi connectivity index (χ1) is 8.16. The normalized spacial score (nSPS) is 10.2. The van der Waals surface area contributed by atoms with Gasteiger partial charge in [-0.25, -0.2) is 14.4 Å². The van der Waals surface area contributed by atoms with E-state index in [-0.39, 0.29) is 17.2 Å². The molecule has 0 radical (unpaired) electrons. The van der Waals surface area contributed by atoms with Crippen molar-refractivity contribution in [2.24, 2.45) is 0 Å². The fourth-order valence-corrected chi connectivity index (χ4v) is 1.50. The van der Waals surface area contributed by atoms with Gasteiger partial charge in [0.25, 0.3) is 0 Å². The minimum absolute atomic E-state index is 0.0456. The molecule has 17 heavy (non-hydrogen) atoms. The highest BCUT2D eigenvalue weighted by atomic mass is 35.5. The molecular formula is C12H8ClFN2O. The molecule has 0 unspecified atom stereocenters. The van der Waals surface area contributed by atoms with Crippen molar-refractivity contribution in [1.29, 1.82) is 0 Å². The van der Waals surface area contributed by atoms with Crippen LogP contribution in [0, 0.1) is 5.82 Å². The molecule has 86 valence electrons. The Morgan fingerprint density at radius 2 is 2.00 bits per heavy atom. The standard InChI is InChI=1S/C12H8ClFN2O/c13-10-2-1-8(3-11(10)14)4-12(17)9-5-15-7-16-6-9/h1-3,5-7H,4H2. The summed E-state index contributed by atoms with van der Waals surface area (Å²) < 4.78 is 13.2. The average molecular weight is 251 g/mol. The minimum Gasteiger partial charge on any atom is -0.294 e. The lowest BCUT2D eigenvalue weighted by Crippen LogP contribution is -2.04. The van der Waals surface area contributed by atoms with Crippen LogP contribution >= 0.6 is 11.6 Å². The highest BCUT2D eigenvalue weighted by Crippen LogP contribution is 2.16. The number of hydrogen-bond donors (Lipinski definition) is 0. The van der Waals surface area contributed by atoms with Crippen LogP contribution in [-0.2, 0) is 6.42 Å². The molecular weight excluding hydrogens is 243 g/mol. The number of rotatable bonds is 3. The predicted molar refractivity (Wildman–Crippen MR) is 61.5 cm³/mol. The van der Waals surface area contributed by atoms with E-state index in [1.807, 2.05) is 0 Å². The summed E-state index contributed by atoms with van der Waals surface area (Å²) in [6.45, 7) is 0. The Labute approximate surface area is 102 Å². The van der Waals surface area contributed by atoms with Crippen LogP contribution in [0.5, 0.6) is 0 Å². The minimum atomic E-state index is -0.527. The maximum Gasteiger partial charge on any atom is 0.170 e. The molecule has 0 bridgehead atoms. The number of halogens is 2. The second-order valence-corrected chi connectivity index (χ2v) is 3.88. The molecule has 1 heterocycles. The summed E-state index contributed by atoms with van der Waals surface area (Å²) in [5.74, 6) is -0.686. The van der Waals surface area contributed by atoms with E-state index in [0.29, 0.717) is 11.1 Å². The number of carbonyl (C=O) groups excluding carboxylic acids is 1. The highest BCUT2D eigenvalue weighted by molar-refractivity contribution is 6.30. The van der Waals surface area contributed by atoms with Gasteiger partial charge in [0, 0.05) is 18.8 Å². The molecule has 3 nitrogen and oxygen atoms in total. The molecule has 0 N–H and O–H groups in total. The third kappa shape index (κ3) is 2.85. The third-order valence-electron chi connectivity index (χ3n) is 2.23. The molecule has 0 atom stereocenters. The molecule has 0 aliphatic rings. The van der Waals surface area contributed by atoms with E-state index in [1.54, 1.807) is 6.07 Å². The van der Waals surface area contributed by atoms with Crippen LogP contribution in [0.25, 0.3) is 0 Å². The van der Waals surface area contributed by atoms with Crippen LogP contribution in [0.1, 0.15) is 15.9 Å². The average Bonchev–Trinajstić information content (AvgIpc) is 2.35. The molecule has 0 aliphatic heterocycles. The van der Waals surface area contributed by atoms with E-state index in [1.165, 1.54) is 30.9 Å². The van der Waals surface area contributed by atoms with Crippen molar-refractivity contribution >= 4 is 17.4 Å². The topological polar surface area (TPSA) is 42.9 Å². The summed E-state index contributed by atoms with van der Waals surface area (Å²) in [6, 6.07) is 4.30. The zero-order valence-electron chi connectivity index (χ0n) is 8.73. The fraction of sp³-hybridized carbons (Fsp3) is 0.0833. The first kappa shape index (κ1) is 11.7. The van der Waals surface area contributed by atoms with Crippen molar-refractivity contribution in [2.75, 3.05) is 0 Å². The van der Waals surface area contributed by atoms with Crippen LogP contribution < -0.4 is 0 Å². The van der Waals surface area contributed by atoms with Crippen molar-refractivity contribution in [3.05, 3.63) is 58.9 Å². The molecule has 0 aliphatic carbocycles. The summed E-state index contributed by atoms with van der Waals surface area (Å²) in [6.07, 6.45) is 4.31. The van der Waals surface area contributed by atoms with E-state index in [0.717, 1.165) is 0 Å². The van der Waals surface area contributed by atoms with E-state index in [9.17, 15) is 9.18 Å². The summed E-state index contributed by atoms with van der Waals surface area (Å²) in [5.41, 5.74) is 0.976. The maximum absolute atomic E-state index is 13.2. The van der Waals surface area contributed by atoms with Crippen LogP contribution in [0.15, 0.2) is 36.9 Å². The number of ketones is 1. The van der Waals surface area contributed by atoms with Gasteiger partial charge in [-0.05, 0) is 17.7 Å². The lowest BCUT2D eigenvalue weighted by atomic mass is 10.1. The van der Waals surface area contributed by atoms with Crippen LogP contribution in [0.2, 0.25) is 5.02 Å². The lowest BCUT2D eigenvalue weighted by molar-refractivity contribution is 0.0992. The van der Waals surface area contributed by atoms with Crippen LogP contribution in [0.3, 0.4) is 0 Å². The van der Waals surface area contributed by atoms with Gasteiger partial charge >= 0.3 is 0 Å². The lowest BCUT2D eigenvalue weighted by Gasteiger charge is -2.02. The predicted octanol–water partition coefficient (Wildman–Crippen LogP) is 2.69. The number of hydrogen-bond acceptors (Lipinski definition) is 3. The number of nitrogens with zero attached hydrogens (tertiary/aromatic N) is 2. The molecule has 2 rings (SSSR count). The molecule has 0 amide bonds. The Bertz CT molecular complexity index is 545. The van der Waals surface area contributed by atoms with Gasteiger partial charge in [-0.3, -0.25) is 4.79 Å². The number of benzene rings is 1. The fourth-order valence-electron chi connectivity index (χ4n) is 1.38. The summed E-state index contributed by atoms with van der Waals surface area (Å²) >= 11 is 5.55. The van der Waals surface area contributed by atoms with Crippen molar-refractivity contribution in [2.45, 2.75) is 6.42 Å². The largest absolute Gasteiger partial charge is 0.294 e. The van der Waals surface area contributed by atoms with Crippen LogP contribution in [0.4, 0.5) is 4.39 Å². The zero-order chi connectivity index (χ0) is 12.3. The molecule has 0 saturated carbocycles. The molecule has 1 aromatic heterocycles. The van der Waals surface area contributed by atoms with Gasteiger partial charge in [-0.2, -0.15) is 0 Å². The highest BCUT2D eigenvalue weighted by Gasteiger charge is 2.09. The van der Waals surface area contributed by atoms with E-state index < -0.39 is 5.82 Å². The van der Waals surface area contributed by atoms with Crippen molar-refractivity contribution in [3.63, 3.8) is 0 Å². The molecule has 2 aromatic rings. The monoisotopic (exact) mass is 250 g/mol. The summed E-state index contributed by atoms with van der Waals surface area (Å²) in [5, 5.41) is 0.0456. The van der Waals surface area contributed by atoms with Crippen molar-refractivity contribution in [1.82, 2.24) is 9.97 Å². The number of carbonyl (C=O) groups is 1. The van der Waals surface area contributed by atoms with Gasteiger partial charge in [0.1, 0.15) is 12.1 Å². The van der Waals surface area contributed by atoms with Gasteiger partial charge in [0.05, 0.1) is 10.6 Å². The SMILES string of the molecule is O=C(Cc1ccc(Cl)c(F)c1)c1cncnc1. The van der Waals surface area contributed by atoms with E-state index in [4.69, 9.17) is 11.6 Å². The zero-order valence-corrected chi connectivity index (χ0v) is 9.49. The van der Waals surface area contributed by atoms with Gasteiger partial charge < -0.3 is 0 Å². The Morgan fingerprint density at radius 1 is 1.29 bits per heavy atom. The van der Waals surface area contributed by atoms with Gasteiger partial charge in [-0.1, -0.05) is 17.7 Å². The molecule has 5 heteroatoms. The first-order valence-corrected chi connectivity index (χ1v) is 5.27. The Balaban J connectivity index is 2.16. The number of aromatic nitrogens is 2. The van der Waals surface area contributed by atoms with E-state index >= 15 is 0 Å². The maximum atomic E-state index is 13.2. The molecule has 0 saturated heterocycles. The quantitative estimate of drug-likeness (QED) is 0.787. The molecule has 0 spiro atoms. The van der Waals surface area contributed by atoms with Crippen LogP contribution in [-0.4, -0.2) is 15.8 Å². The van der Waals surface area contributed by atoms with Gasteiger partial charge in [0.2, 0.25) is 0 Å². The smallest absolute Gasteiger partial charge is 0.170 e. The van der Waals surface area contributed by atoms with E-state index in [2.05, 4.69) is 9.97 Å². The van der Waals surface area contributed by atoms with Crippen molar-refractivity contribution in [3.8, 4) is 0 Å².